The van der Waals surface area contributed by atoms with Crippen molar-refractivity contribution in [1.29, 1.82) is 0 Å². The van der Waals surface area contributed by atoms with Crippen LogP contribution in [-0.4, -0.2) is 47.3 Å². The second-order valence-electron chi connectivity index (χ2n) is 5.90. The molecule has 2 saturated heterocycles. The standard InChI is InChI=1S/C15H25N5/c16-12-13-4-5-15(18-17-13)20-10-6-14(7-11-20)19-8-2-1-3-9-19/h4-5,14H,1-3,6-12,16H2. The van der Waals surface area contributed by atoms with E-state index in [2.05, 4.69) is 26.1 Å². The molecule has 2 N–H and O–H groups in total. The summed E-state index contributed by atoms with van der Waals surface area (Å²) in [6, 6.07) is 4.82. The number of rotatable bonds is 3. The lowest BCUT2D eigenvalue weighted by atomic mass is 10.00. The van der Waals surface area contributed by atoms with E-state index < -0.39 is 0 Å². The van der Waals surface area contributed by atoms with Crippen LogP contribution in [0.4, 0.5) is 5.82 Å². The third-order valence-electron chi connectivity index (χ3n) is 4.61. The fourth-order valence-electron chi connectivity index (χ4n) is 3.37. The smallest absolute Gasteiger partial charge is 0.151 e. The molecule has 0 amide bonds. The van der Waals surface area contributed by atoms with Gasteiger partial charge in [-0.3, -0.25) is 0 Å². The van der Waals surface area contributed by atoms with Gasteiger partial charge in [-0.1, -0.05) is 6.42 Å². The van der Waals surface area contributed by atoms with Gasteiger partial charge < -0.3 is 15.5 Å². The van der Waals surface area contributed by atoms with Crippen molar-refractivity contribution in [3.8, 4) is 0 Å². The molecular weight excluding hydrogens is 250 g/mol. The van der Waals surface area contributed by atoms with E-state index in [0.717, 1.165) is 30.6 Å². The molecule has 2 fully saturated rings. The summed E-state index contributed by atoms with van der Waals surface area (Å²) < 4.78 is 0. The maximum atomic E-state index is 5.56. The molecule has 0 atom stereocenters. The Kier molecular flexibility index (Phi) is 4.47. The maximum absolute atomic E-state index is 5.56. The van der Waals surface area contributed by atoms with Crippen LogP contribution < -0.4 is 10.6 Å². The van der Waals surface area contributed by atoms with Crippen molar-refractivity contribution in [2.45, 2.75) is 44.7 Å². The van der Waals surface area contributed by atoms with E-state index in [1.165, 1.54) is 45.2 Å². The van der Waals surface area contributed by atoms with E-state index in [9.17, 15) is 0 Å². The Bertz CT molecular complexity index is 405. The summed E-state index contributed by atoms with van der Waals surface area (Å²) in [4.78, 5) is 5.05. The van der Waals surface area contributed by atoms with Gasteiger partial charge in [-0.2, -0.15) is 5.10 Å². The number of anilines is 1. The van der Waals surface area contributed by atoms with E-state index in [4.69, 9.17) is 5.73 Å². The van der Waals surface area contributed by atoms with Gasteiger partial charge in [0, 0.05) is 25.7 Å². The fourth-order valence-corrected chi connectivity index (χ4v) is 3.37. The van der Waals surface area contributed by atoms with Gasteiger partial charge in [0.15, 0.2) is 5.82 Å². The van der Waals surface area contributed by atoms with Crippen molar-refractivity contribution in [3.63, 3.8) is 0 Å². The Morgan fingerprint density at radius 3 is 2.35 bits per heavy atom. The summed E-state index contributed by atoms with van der Waals surface area (Å²) in [5.74, 6) is 0.999. The highest BCUT2D eigenvalue weighted by atomic mass is 15.3. The first-order chi connectivity index (χ1) is 9.86. The van der Waals surface area contributed by atoms with Crippen LogP contribution in [0.1, 0.15) is 37.8 Å². The summed E-state index contributed by atoms with van der Waals surface area (Å²) >= 11 is 0. The summed E-state index contributed by atoms with van der Waals surface area (Å²) in [7, 11) is 0. The SMILES string of the molecule is NCc1ccc(N2CCC(N3CCCCC3)CC2)nn1. The van der Waals surface area contributed by atoms with Crippen LogP contribution in [0, 0.1) is 0 Å². The molecule has 3 rings (SSSR count). The number of nitrogens with zero attached hydrogens (tertiary/aromatic N) is 4. The molecule has 1 aromatic rings. The van der Waals surface area contributed by atoms with Crippen LogP contribution in [0.3, 0.4) is 0 Å². The zero-order valence-corrected chi connectivity index (χ0v) is 12.2. The minimum absolute atomic E-state index is 0.463. The second kappa shape index (κ2) is 6.50. The molecule has 2 aliphatic heterocycles. The van der Waals surface area contributed by atoms with Crippen LogP contribution in [0.15, 0.2) is 12.1 Å². The first-order valence-corrected chi connectivity index (χ1v) is 7.88. The van der Waals surface area contributed by atoms with Gasteiger partial charge in [0.1, 0.15) is 0 Å². The molecule has 0 bridgehead atoms. The molecule has 1 aromatic heterocycles. The Morgan fingerprint density at radius 2 is 1.75 bits per heavy atom. The topological polar surface area (TPSA) is 58.3 Å². The molecule has 0 radical (unpaired) electrons. The molecule has 3 heterocycles. The van der Waals surface area contributed by atoms with Crippen molar-refractivity contribution in [2.24, 2.45) is 5.73 Å². The van der Waals surface area contributed by atoms with E-state index >= 15 is 0 Å². The molecule has 0 aliphatic carbocycles. The molecule has 0 saturated carbocycles. The third-order valence-corrected chi connectivity index (χ3v) is 4.61. The Morgan fingerprint density at radius 1 is 1.00 bits per heavy atom. The van der Waals surface area contributed by atoms with Crippen molar-refractivity contribution in [2.75, 3.05) is 31.1 Å². The number of piperidine rings is 2. The van der Waals surface area contributed by atoms with Gasteiger partial charge in [-0.15, -0.1) is 5.10 Å². The molecule has 20 heavy (non-hydrogen) atoms. The van der Waals surface area contributed by atoms with Crippen LogP contribution in [0.2, 0.25) is 0 Å². The van der Waals surface area contributed by atoms with Gasteiger partial charge in [0.05, 0.1) is 5.69 Å². The number of hydrogen-bond donors (Lipinski definition) is 1. The molecular formula is C15H25N5. The van der Waals surface area contributed by atoms with E-state index in [0.29, 0.717) is 6.54 Å². The molecule has 0 spiro atoms. The Hall–Kier alpha value is -1.20. The van der Waals surface area contributed by atoms with Crippen LogP contribution >= 0.6 is 0 Å². The van der Waals surface area contributed by atoms with Gasteiger partial charge in [-0.05, 0) is 50.9 Å². The van der Waals surface area contributed by atoms with Crippen LogP contribution in [0.5, 0.6) is 0 Å². The zero-order valence-electron chi connectivity index (χ0n) is 12.2. The normalized spacial score (nSPS) is 22.1. The lowest BCUT2D eigenvalue weighted by molar-refractivity contribution is 0.141. The molecule has 2 aliphatic rings. The summed E-state index contributed by atoms with van der Waals surface area (Å²) in [5, 5.41) is 8.45. The van der Waals surface area contributed by atoms with Crippen LogP contribution in [-0.2, 0) is 6.54 Å². The largest absolute Gasteiger partial charge is 0.355 e. The van der Waals surface area contributed by atoms with Crippen molar-refractivity contribution in [1.82, 2.24) is 15.1 Å². The van der Waals surface area contributed by atoms with Gasteiger partial charge in [-0.25, -0.2) is 0 Å². The molecule has 5 heteroatoms. The number of hydrogen-bond acceptors (Lipinski definition) is 5. The summed E-state index contributed by atoms with van der Waals surface area (Å²) in [5.41, 5.74) is 6.42. The predicted molar refractivity (Wildman–Crippen MR) is 80.6 cm³/mol. The highest BCUT2D eigenvalue weighted by Gasteiger charge is 2.26. The van der Waals surface area contributed by atoms with Gasteiger partial charge in [0.25, 0.3) is 0 Å². The highest BCUT2D eigenvalue weighted by Crippen LogP contribution is 2.23. The Balaban J connectivity index is 1.54. The zero-order chi connectivity index (χ0) is 13.8. The average molecular weight is 275 g/mol. The second-order valence-corrected chi connectivity index (χ2v) is 5.90. The van der Waals surface area contributed by atoms with E-state index in [1.807, 2.05) is 6.07 Å². The molecule has 0 unspecified atom stereocenters. The van der Waals surface area contributed by atoms with Crippen molar-refractivity contribution >= 4 is 5.82 Å². The minimum atomic E-state index is 0.463. The quantitative estimate of drug-likeness (QED) is 0.903. The first kappa shape index (κ1) is 13.8. The van der Waals surface area contributed by atoms with Gasteiger partial charge in [0.2, 0.25) is 0 Å². The number of aromatic nitrogens is 2. The molecule has 0 aromatic carbocycles. The summed E-state index contributed by atoms with van der Waals surface area (Å²) in [6.07, 6.45) is 6.68. The number of likely N-dealkylation sites (tertiary alicyclic amines) is 1. The Labute approximate surface area is 121 Å². The molecule has 110 valence electrons. The monoisotopic (exact) mass is 275 g/mol. The summed E-state index contributed by atoms with van der Waals surface area (Å²) in [6.45, 7) is 5.26. The van der Waals surface area contributed by atoms with Crippen molar-refractivity contribution in [3.05, 3.63) is 17.8 Å². The van der Waals surface area contributed by atoms with Gasteiger partial charge >= 0.3 is 0 Å². The first-order valence-electron chi connectivity index (χ1n) is 7.88. The maximum Gasteiger partial charge on any atom is 0.151 e. The van der Waals surface area contributed by atoms with Crippen LogP contribution in [0.25, 0.3) is 0 Å². The van der Waals surface area contributed by atoms with E-state index in [1.54, 1.807) is 0 Å². The lowest BCUT2D eigenvalue weighted by Gasteiger charge is -2.40. The predicted octanol–water partition coefficient (Wildman–Crippen LogP) is 1.39. The minimum Gasteiger partial charge on any atom is -0.355 e. The lowest BCUT2D eigenvalue weighted by Crippen LogP contribution is -2.47. The van der Waals surface area contributed by atoms with Crippen molar-refractivity contribution < 1.29 is 0 Å². The highest BCUT2D eigenvalue weighted by molar-refractivity contribution is 5.37. The fraction of sp³-hybridized carbons (Fsp3) is 0.733. The van der Waals surface area contributed by atoms with E-state index in [-0.39, 0.29) is 0 Å². The molecule has 5 nitrogen and oxygen atoms in total. The number of nitrogens with two attached hydrogens (primary N) is 1. The third kappa shape index (κ3) is 3.10. The average Bonchev–Trinajstić information content (AvgIpc) is 2.56.